The fraction of sp³-hybridized carbons (Fsp3) is 0.917. The van der Waals surface area contributed by atoms with Crippen LogP contribution in [0.4, 0.5) is 4.79 Å². The summed E-state index contributed by atoms with van der Waals surface area (Å²) in [6, 6.07) is 2.29. The van der Waals surface area contributed by atoms with Gasteiger partial charge in [0.25, 0.3) is 0 Å². The van der Waals surface area contributed by atoms with Crippen LogP contribution in [-0.4, -0.2) is 55.9 Å². The van der Waals surface area contributed by atoms with E-state index in [0.29, 0.717) is 12.3 Å². The number of aliphatic hydroxyl groups excluding tert-OH is 1. The molecule has 0 aliphatic carbocycles. The highest BCUT2D eigenvalue weighted by Gasteiger charge is 2.37. The molecule has 1 amide bonds. The molecule has 8 heteroatoms. The van der Waals surface area contributed by atoms with E-state index < -0.39 is 32.2 Å². The number of carbonyl (C=O) groups excluding carboxylic acids is 2. The van der Waals surface area contributed by atoms with Gasteiger partial charge in [0.1, 0.15) is 5.60 Å². The minimum Gasteiger partial charge on any atom is -0.466 e. The lowest BCUT2D eigenvalue weighted by Crippen LogP contribution is -2.55. The second kappa shape index (κ2) is 14.2. The van der Waals surface area contributed by atoms with Gasteiger partial charge in [-0.1, -0.05) is 34.6 Å². The lowest BCUT2D eigenvalue weighted by atomic mass is 9.89. The zero-order valence-electron chi connectivity index (χ0n) is 22.1. The molecule has 0 aliphatic heterocycles. The van der Waals surface area contributed by atoms with Crippen LogP contribution < -0.4 is 5.32 Å². The van der Waals surface area contributed by atoms with E-state index >= 15 is 0 Å². The van der Waals surface area contributed by atoms with Gasteiger partial charge in [0, 0.05) is 6.92 Å². The minimum atomic E-state index is -1.96. The Balaban J connectivity index is 5.65. The van der Waals surface area contributed by atoms with Crippen molar-refractivity contribution in [2.45, 2.75) is 124 Å². The number of hydrogen-bond donors (Lipinski definition) is 2. The Morgan fingerprint density at radius 2 is 1.53 bits per heavy atom. The molecule has 0 saturated heterocycles. The number of esters is 1. The van der Waals surface area contributed by atoms with E-state index in [-0.39, 0.29) is 24.6 Å². The summed E-state index contributed by atoms with van der Waals surface area (Å²) in [4.78, 5) is 23.9. The molecule has 0 saturated carbocycles. The average molecular weight is 476 g/mol. The number of hydrogen-bond acceptors (Lipinski definition) is 6. The van der Waals surface area contributed by atoms with Crippen LogP contribution >= 0.6 is 0 Å². The predicted molar refractivity (Wildman–Crippen MR) is 131 cm³/mol. The molecule has 0 spiro atoms. The van der Waals surface area contributed by atoms with Crippen molar-refractivity contribution in [1.82, 2.24) is 5.32 Å². The van der Waals surface area contributed by atoms with Crippen molar-refractivity contribution >= 4 is 20.4 Å². The third-order valence-electron chi connectivity index (χ3n) is 5.87. The Labute approximate surface area is 197 Å². The van der Waals surface area contributed by atoms with Gasteiger partial charge in [0.15, 0.2) is 8.32 Å². The van der Waals surface area contributed by atoms with Crippen LogP contribution in [0.1, 0.15) is 82.1 Å². The van der Waals surface area contributed by atoms with Crippen LogP contribution in [0.2, 0.25) is 18.1 Å². The third kappa shape index (κ3) is 12.2. The molecule has 0 radical (unpaired) electrons. The topological polar surface area (TPSA) is 94.1 Å². The Bertz CT molecular complexity index is 551. The van der Waals surface area contributed by atoms with Gasteiger partial charge in [-0.3, -0.25) is 4.79 Å². The monoisotopic (exact) mass is 475 g/mol. The maximum Gasteiger partial charge on any atom is 0.408 e. The molecule has 190 valence electrons. The maximum atomic E-state index is 12.6. The van der Waals surface area contributed by atoms with Gasteiger partial charge in [-0.15, -0.1) is 0 Å². The molecule has 0 aromatic heterocycles. The fourth-order valence-electron chi connectivity index (χ4n) is 4.06. The summed E-state index contributed by atoms with van der Waals surface area (Å²) >= 11 is 0. The largest absolute Gasteiger partial charge is 0.466 e. The maximum absolute atomic E-state index is 12.6. The first kappa shape index (κ1) is 30.9. The van der Waals surface area contributed by atoms with E-state index in [4.69, 9.17) is 13.9 Å². The van der Waals surface area contributed by atoms with Gasteiger partial charge in [-0.25, -0.2) is 4.79 Å². The molecule has 0 bridgehead atoms. The number of rotatable bonds is 14. The number of carbonyl (C=O) groups is 2. The molecular weight excluding hydrogens is 426 g/mol. The van der Waals surface area contributed by atoms with Crippen molar-refractivity contribution in [3.63, 3.8) is 0 Å². The van der Waals surface area contributed by atoms with Crippen LogP contribution in [0.15, 0.2) is 0 Å². The van der Waals surface area contributed by atoms with Gasteiger partial charge in [0.05, 0.1) is 24.9 Å². The molecule has 0 heterocycles. The molecular formula is C24H49NO6Si. The van der Waals surface area contributed by atoms with Crippen LogP contribution in [-0.2, 0) is 18.7 Å². The van der Waals surface area contributed by atoms with E-state index in [1.165, 1.54) is 6.92 Å². The summed E-state index contributed by atoms with van der Waals surface area (Å²) in [5.74, 6) is 0.0293. The second-order valence-corrected chi connectivity index (χ2v) is 15.1. The predicted octanol–water partition coefficient (Wildman–Crippen LogP) is 5.27. The van der Waals surface area contributed by atoms with E-state index in [2.05, 4.69) is 39.9 Å². The highest BCUT2D eigenvalue weighted by Crippen LogP contribution is 2.27. The van der Waals surface area contributed by atoms with Crippen molar-refractivity contribution in [3.8, 4) is 0 Å². The normalized spacial score (nSPS) is 16.2. The molecule has 0 unspecified atom stereocenters. The Hall–Kier alpha value is -1.12. The van der Waals surface area contributed by atoms with Crippen molar-refractivity contribution in [2.24, 2.45) is 11.8 Å². The third-order valence-corrected chi connectivity index (χ3v) is 10.6. The van der Waals surface area contributed by atoms with Crippen molar-refractivity contribution in [1.29, 1.82) is 0 Å². The Morgan fingerprint density at radius 1 is 1.00 bits per heavy atom. The van der Waals surface area contributed by atoms with Gasteiger partial charge in [0.2, 0.25) is 0 Å². The van der Waals surface area contributed by atoms with Gasteiger partial charge in [-0.05, 0) is 70.5 Å². The summed E-state index contributed by atoms with van der Waals surface area (Å²) in [5.41, 5.74) is -0.645. The number of alkyl carbamates (subject to hydrolysis) is 1. The standard InChI is InChI=1S/C24H49NO6Si/c1-11-32(12-2,13-3)31-18(6)22(25-23(28)30-24(8,9)10)21(27)15-20(14-17(4)5)16-29-19(7)26/h17-18,20-22,27H,11-16H2,1-10H3,(H,25,28)/t18-,20-,21+,22-/m1/s1. The highest BCUT2D eigenvalue weighted by molar-refractivity contribution is 6.73. The highest BCUT2D eigenvalue weighted by atomic mass is 28.4. The lowest BCUT2D eigenvalue weighted by Gasteiger charge is -2.38. The second-order valence-electron chi connectivity index (χ2n) is 10.3. The van der Waals surface area contributed by atoms with Gasteiger partial charge < -0.3 is 24.3 Å². The van der Waals surface area contributed by atoms with Crippen LogP contribution in [0.5, 0.6) is 0 Å². The van der Waals surface area contributed by atoms with E-state index in [1.807, 2.05) is 6.92 Å². The number of nitrogens with one attached hydrogen (secondary N) is 1. The van der Waals surface area contributed by atoms with Gasteiger partial charge >= 0.3 is 12.1 Å². The summed E-state index contributed by atoms with van der Waals surface area (Å²) in [5, 5.41) is 14.1. The Kier molecular flexibility index (Phi) is 13.7. The molecule has 4 atom stereocenters. The van der Waals surface area contributed by atoms with E-state index in [1.54, 1.807) is 20.8 Å². The molecule has 0 aromatic carbocycles. The summed E-state index contributed by atoms with van der Waals surface area (Å²) in [6.07, 6.45) is -0.629. The van der Waals surface area contributed by atoms with Crippen LogP contribution in [0.3, 0.4) is 0 Å². The lowest BCUT2D eigenvalue weighted by molar-refractivity contribution is -0.143. The molecule has 7 nitrogen and oxygen atoms in total. The number of amides is 1. The van der Waals surface area contributed by atoms with Crippen LogP contribution in [0, 0.1) is 11.8 Å². The zero-order valence-corrected chi connectivity index (χ0v) is 23.1. The first-order valence-corrected chi connectivity index (χ1v) is 14.7. The SMILES string of the molecule is CC[Si](CC)(CC)O[C@H](C)[C@@H](NC(=O)OC(C)(C)C)[C@@H](O)C[C@H](COC(C)=O)CC(C)C. The summed E-state index contributed by atoms with van der Waals surface area (Å²) < 4.78 is 17.3. The molecule has 0 aliphatic rings. The van der Waals surface area contributed by atoms with Gasteiger partial charge in [-0.2, -0.15) is 0 Å². The summed E-state index contributed by atoms with van der Waals surface area (Å²) in [7, 11) is -1.96. The molecule has 0 fully saturated rings. The molecule has 2 N–H and O–H groups in total. The Morgan fingerprint density at radius 3 is 1.94 bits per heavy atom. The number of aliphatic hydroxyl groups is 1. The quantitative estimate of drug-likeness (QED) is 0.263. The zero-order chi connectivity index (χ0) is 25.1. The molecule has 0 aromatic rings. The minimum absolute atomic E-state index is 0.0189. The van der Waals surface area contributed by atoms with Crippen molar-refractivity contribution in [3.05, 3.63) is 0 Å². The first-order chi connectivity index (χ1) is 14.7. The van der Waals surface area contributed by atoms with E-state index in [9.17, 15) is 14.7 Å². The van der Waals surface area contributed by atoms with Crippen molar-refractivity contribution in [2.75, 3.05) is 6.61 Å². The van der Waals surface area contributed by atoms with Crippen molar-refractivity contribution < 1.29 is 28.6 Å². The molecule has 0 rings (SSSR count). The summed E-state index contributed by atoms with van der Waals surface area (Å²) in [6.45, 7) is 19.6. The fourth-order valence-corrected chi connectivity index (χ4v) is 7.00. The smallest absolute Gasteiger partial charge is 0.408 e. The first-order valence-electron chi connectivity index (χ1n) is 12.2. The van der Waals surface area contributed by atoms with Crippen LogP contribution in [0.25, 0.3) is 0 Å². The van der Waals surface area contributed by atoms with E-state index in [0.717, 1.165) is 24.6 Å². The average Bonchev–Trinajstić information content (AvgIpc) is 2.66. The molecule has 32 heavy (non-hydrogen) atoms. The number of ether oxygens (including phenoxy) is 2.